The molecule has 6 heteroatoms. The van der Waals surface area contributed by atoms with E-state index in [9.17, 15) is 4.79 Å². The van der Waals surface area contributed by atoms with Crippen LogP contribution < -0.4 is 10.1 Å². The smallest absolute Gasteiger partial charge is 0.226 e. The number of carbonyl (C=O) groups excluding carboxylic acids is 1. The summed E-state index contributed by atoms with van der Waals surface area (Å²) in [5.41, 5.74) is 0.567. The summed E-state index contributed by atoms with van der Waals surface area (Å²) in [4.78, 5) is 12.0. The number of nitrogens with one attached hydrogen (secondary N) is 1. The number of carbonyl (C=O) groups is 1. The minimum absolute atomic E-state index is 0.0184. The van der Waals surface area contributed by atoms with Crippen molar-refractivity contribution >= 4 is 23.2 Å². The minimum atomic E-state index is -0.117. The molecule has 2 rings (SSSR count). The molecule has 106 valence electrons. The first kappa shape index (κ1) is 14.4. The van der Waals surface area contributed by atoms with Crippen LogP contribution in [0.1, 0.15) is 19.4 Å². The highest BCUT2D eigenvalue weighted by Crippen LogP contribution is 2.28. The molecular weight excluding hydrogens is 278 g/mol. The third-order valence-electron chi connectivity index (χ3n) is 2.89. The van der Waals surface area contributed by atoms with Gasteiger partial charge < -0.3 is 10.1 Å². The van der Waals surface area contributed by atoms with E-state index in [0.717, 1.165) is 0 Å². The molecule has 0 aliphatic carbocycles. The van der Waals surface area contributed by atoms with E-state index in [4.69, 9.17) is 16.3 Å². The number of halogens is 1. The number of benzene rings is 1. The number of hydrogen-bond donors (Lipinski definition) is 1. The van der Waals surface area contributed by atoms with Gasteiger partial charge in [0.25, 0.3) is 0 Å². The van der Waals surface area contributed by atoms with E-state index >= 15 is 0 Å². The van der Waals surface area contributed by atoms with Crippen molar-refractivity contribution in [1.82, 2.24) is 9.78 Å². The van der Waals surface area contributed by atoms with Crippen LogP contribution in [0.2, 0.25) is 5.02 Å². The molecule has 1 aromatic carbocycles. The maximum Gasteiger partial charge on any atom is 0.226 e. The first-order valence-corrected chi connectivity index (χ1v) is 6.60. The van der Waals surface area contributed by atoms with Crippen molar-refractivity contribution in [2.45, 2.75) is 19.4 Å². The number of nitrogens with zero attached hydrogens (tertiary/aromatic N) is 2. The summed E-state index contributed by atoms with van der Waals surface area (Å²) >= 11 is 5.92. The molecule has 0 aliphatic rings. The van der Waals surface area contributed by atoms with Gasteiger partial charge in [-0.15, -0.1) is 0 Å². The first-order chi connectivity index (χ1) is 9.60. The molecule has 1 heterocycles. The van der Waals surface area contributed by atoms with Gasteiger partial charge in [-0.2, -0.15) is 5.10 Å². The highest BCUT2D eigenvalue weighted by Gasteiger charge is 2.13. The molecule has 0 radical (unpaired) electrons. The predicted octanol–water partition coefficient (Wildman–Crippen LogP) is 3.13. The molecule has 0 saturated carbocycles. The van der Waals surface area contributed by atoms with E-state index in [-0.39, 0.29) is 11.9 Å². The highest BCUT2D eigenvalue weighted by atomic mass is 35.5. The van der Waals surface area contributed by atoms with Gasteiger partial charge >= 0.3 is 0 Å². The van der Waals surface area contributed by atoms with Crippen LogP contribution in [0.25, 0.3) is 0 Å². The third-order valence-corrected chi connectivity index (χ3v) is 3.13. The normalized spacial score (nSPS) is 11.9. The standard InChI is InChI=1S/C14H16ClN3O2/c1-10(18-7-3-6-16-18)8-14(19)17-12-9-11(15)4-5-13(12)20-2/h3-7,9-10H,8H2,1-2H3,(H,17,19)/t10-/m0/s1. The van der Waals surface area contributed by atoms with E-state index in [1.807, 2.05) is 19.2 Å². The number of ether oxygens (including phenoxy) is 1. The molecule has 0 bridgehead atoms. The molecule has 5 nitrogen and oxygen atoms in total. The fourth-order valence-electron chi connectivity index (χ4n) is 1.88. The van der Waals surface area contributed by atoms with Crippen LogP contribution in [-0.4, -0.2) is 22.8 Å². The lowest BCUT2D eigenvalue weighted by Gasteiger charge is -2.14. The second-order valence-corrected chi connectivity index (χ2v) is 4.87. The van der Waals surface area contributed by atoms with E-state index in [1.54, 1.807) is 36.2 Å². The lowest BCUT2D eigenvalue weighted by molar-refractivity contribution is -0.116. The van der Waals surface area contributed by atoms with Gasteiger partial charge in [0.15, 0.2) is 0 Å². The van der Waals surface area contributed by atoms with E-state index < -0.39 is 0 Å². The third kappa shape index (κ3) is 3.51. The Balaban J connectivity index is 2.03. The van der Waals surface area contributed by atoms with Crippen molar-refractivity contribution in [1.29, 1.82) is 0 Å². The van der Waals surface area contributed by atoms with Gasteiger partial charge in [-0.3, -0.25) is 9.48 Å². The van der Waals surface area contributed by atoms with Crippen LogP contribution in [0.5, 0.6) is 5.75 Å². The molecular formula is C14H16ClN3O2. The predicted molar refractivity (Wildman–Crippen MR) is 78.2 cm³/mol. The Labute approximate surface area is 122 Å². The minimum Gasteiger partial charge on any atom is -0.495 e. The summed E-state index contributed by atoms with van der Waals surface area (Å²) in [6.45, 7) is 1.93. The first-order valence-electron chi connectivity index (χ1n) is 6.22. The Hall–Kier alpha value is -2.01. The van der Waals surface area contributed by atoms with Crippen LogP contribution >= 0.6 is 11.6 Å². The second kappa shape index (κ2) is 6.43. The maximum atomic E-state index is 12.0. The Morgan fingerprint density at radius 1 is 1.55 bits per heavy atom. The molecule has 0 spiro atoms. The summed E-state index contributed by atoms with van der Waals surface area (Å²) in [6.07, 6.45) is 3.84. The van der Waals surface area contributed by atoms with Crippen molar-refractivity contribution in [3.63, 3.8) is 0 Å². The second-order valence-electron chi connectivity index (χ2n) is 4.43. The van der Waals surface area contributed by atoms with Crippen molar-refractivity contribution in [3.05, 3.63) is 41.7 Å². The van der Waals surface area contributed by atoms with Crippen molar-refractivity contribution in [3.8, 4) is 5.75 Å². The summed E-state index contributed by atoms with van der Waals surface area (Å²) < 4.78 is 6.93. The Morgan fingerprint density at radius 3 is 3.00 bits per heavy atom. The van der Waals surface area contributed by atoms with Gasteiger partial charge in [0.1, 0.15) is 5.75 Å². The molecule has 0 saturated heterocycles. The van der Waals surface area contributed by atoms with Gasteiger partial charge in [-0.1, -0.05) is 11.6 Å². The molecule has 1 N–H and O–H groups in total. The lowest BCUT2D eigenvalue weighted by Crippen LogP contribution is -2.18. The Morgan fingerprint density at radius 2 is 2.35 bits per heavy atom. The number of anilines is 1. The summed E-state index contributed by atoms with van der Waals surface area (Å²) in [5.74, 6) is 0.461. The van der Waals surface area contributed by atoms with Gasteiger partial charge in [0.2, 0.25) is 5.91 Å². The topological polar surface area (TPSA) is 56.1 Å². The van der Waals surface area contributed by atoms with Crippen molar-refractivity contribution < 1.29 is 9.53 Å². The van der Waals surface area contributed by atoms with Crippen molar-refractivity contribution in [2.75, 3.05) is 12.4 Å². The Kier molecular flexibility index (Phi) is 4.63. The summed E-state index contributed by atoms with van der Waals surface area (Å²) in [5, 5.41) is 7.46. The summed E-state index contributed by atoms with van der Waals surface area (Å²) in [7, 11) is 1.55. The Bertz CT molecular complexity index is 584. The van der Waals surface area contributed by atoms with Gasteiger partial charge in [-0.05, 0) is 31.2 Å². The number of amides is 1. The fourth-order valence-corrected chi connectivity index (χ4v) is 2.05. The van der Waals surface area contributed by atoms with E-state index in [2.05, 4.69) is 10.4 Å². The van der Waals surface area contributed by atoms with Crippen LogP contribution in [-0.2, 0) is 4.79 Å². The van der Waals surface area contributed by atoms with Gasteiger partial charge in [0.05, 0.1) is 18.8 Å². The number of methoxy groups -OCH3 is 1. The largest absolute Gasteiger partial charge is 0.495 e. The average molecular weight is 294 g/mol. The maximum absolute atomic E-state index is 12.0. The quantitative estimate of drug-likeness (QED) is 0.921. The van der Waals surface area contributed by atoms with Crippen LogP contribution in [0.4, 0.5) is 5.69 Å². The number of rotatable bonds is 5. The number of aromatic nitrogens is 2. The lowest BCUT2D eigenvalue weighted by atomic mass is 10.2. The summed E-state index contributed by atoms with van der Waals surface area (Å²) in [6, 6.07) is 6.90. The van der Waals surface area contributed by atoms with Crippen LogP contribution in [0.3, 0.4) is 0 Å². The fraction of sp³-hybridized carbons (Fsp3) is 0.286. The molecule has 0 unspecified atom stereocenters. The zero-order valence-corrected chi connectivity index (χ0v) is 12.1. The van der Waals surface area contributed by atoms with E-state index in [1.165, 1.54) is 0 Å². The van der Waals surface area contributed by atoms with Crippen LogP contribution in [0.15, 0.2) is 36.7 Å². The van der Waals surface area contributed by atoms with Crippen LogP contribution in [0, 0.1) is 0 Å². The number of hydrogen-bond acceptors (Lipinski definition) is 3. The molecule has 20 heavy (non-hydrogen) atoms. The molecule has 0 aliphatic heterocycles. The van der Waals surface area contributed by atoms with E-state index in [0.29, 0.717) is 22.9 Å². The highest BCUT2D eigenvalue weighted by molar-refractivity contribution is 6.31. The SMILES string of the molecule is COc1ccc(Cl)cc1NC(=O)C[C@H](C)n1cccn1. The average Bonchev–Trinajstić information content (AvgIpc) is 2.92. The molecule has 2 aromatic rings. The molecule has 1 atom stereocenters. The van der Waals surface area contributed by atoms with Gasteiger partial charge in [0, 0.05) is 23.8 Å². The van der Waals surface area contributed by atoms with Gasteiger partial charge in [-0.25, -0.2) is 0 Å². The molecule has 1 amide bonds. The molecule has 0 fully saturated rings. The van der Waals surface area contributed by atoms with Crippen molar-refractivity contribution in [2.24, 2.45) is 0 Å². The zero-order chi connectivity index (χ0) is 14.5. The monoisotopic (exact) mass is 293 g/mol. The zero-order valence-electron chi connectivity index (χ0n) is 11.3. The molecule has 1 aromatic heterocycles.